The molecule has 3 aromatic heterocycles. The monoisotopic (exact) mass is 358 g/mol. The van der Waals surface area contributed by atoms with Crippen molar-refractivity contribution in [2.45, 2.75) is 25.8 Å². The molecule has 0 bridgehead atoms. The Bertz CT molecular complexity index is 876. The molecule has 7 nitrogen and oxygen atoms in total. The second kappa shape index (κ2) is 7.94. The maximum Gasteiger partial charge on any atom is 0.252 e. The van der Waals surface area contributed by atoms with Gasteiger partial charge in [-0.1, -0.05) is 18.5 Å². The first-order chi connectivity index (χ1) is 12.1. The summed E-state index contributed by atoms with van der Waals surface area (Å²) in [6, 6.07) is 5.45. The molecule has 0 aliphatic heterocycles. The van der Waals surface area contributed by atoms with E-state index in [4.69, 9.17) is 11.6 Å². The summed E-state index contributed by atoms with van der Waals surface area (Å²) in [5, 5.41) is 7.91. The molecule has 0 aliphatic rings. The van der Waals surface area contributed by atoms with Crippen molar-refractivity contribution in [2.24, 2.45) is 0 Å². The number of nitrogens with zero attached hydrogens (tertiary/aromatic N) is 4. The van der Waals surface area contributed by atoms with Crippen LogP contribution in [0.2, 0.25) is 5.02 Å². The Balaban J connectivity index is 1.64. The van der Waals surface area contributed by atoms with Gasteiger partial charge < -0.3 is 5.32 Å². The third kappa shape index (κ3) is 4.90. The van der Waals surface area contributed by atoms with Crippen molar-refractivity contribution >= 4 is 17.5 Å². The molecule has 0 saturated carbocycles. The van der Waals surface area contributed by atoms with Crippen LogP contribution in [-0.2, 0) is 13.0 Å². The number of rotatable bonds is 7. The van der Waals surface area contributed by atoms with Crippen LogP contribution >= 0.6 is 11.6 Å². The Labute approximate surface area is 150 Å². The van der Waals surface area contributed by atoms with E-state index in [0.29, 0.717) is 29.8 Å². The molecule has 0 aliphatic carbocycles. The molecule has 1 atom stereocenters. The van der Waals surface area contributed by atoms with Crippen molar-refractivity contribution in [1.82, 2.24) is 24.7 Å². The van der Waals surface area contributed by atoms with Gasteiger partial charge in [-0.15, -0.1) is 0 Å². The summed E-state index contributed by atoms with van der Waals surface area (Å²) in [6.45, 7) is 3.26. The van der Waals surface area contributed by atoms with Gasteiger partial charge in [0, 0.05) is 43.7 Å². The van der Waals surface area contributed by atoms with Crippen LogP contribution in [0.5, 0.6) is 0 Å². The second-order valence-electron chi connectivity index (χ2n) is 5.83. The van der Waals surface area contributed by atoms with Gasteiger partial charge in [-0.25, -0.2) is 4.98 Å². The lowest BCUT2D eigenvalue weighted by Crippen LogP contribution is -2.18. The number of anilines is 1. The van der Waals surface area contributed by atoms with Crippen LogP contribution in [0.15, 0.2) is 47.8 Å². The lowest BCUT2D eigenvalue weighted by Gasteiger charge is -2.12. The molecule has 2 N–H and O–H groups in total. The lowest BCUT2D eigenvalue weighted by molar-refractivity contribution is 0.534. The summed E-state index contributed by atoms with van der Waals surface area (Å²) in [5.41, 5.74) is 1.70. The third-order valence-corrected chi connectivity index (χ3v) is 3.98. The summed E-state index contributed by atoms with van der Waals surface area (Å²) < 4.78 is 1.74. The van der Waals surface area contributed by atoms with Crippen molar-refractivity contribution in [1.29, 1.82) is 0 Å². The van der Waals surface area contributed by atoms with E-state index in [2.05, 4.69) is 25.4 Å². The van der Waals surface area contributed by atoms with E-state index in [1.54, 1.807) is 29.5 Å². The number of hydrogen-bond donors (Lipinski definition) is 2. The van der Waals surface area contributed by atoms with Crippen molar-refractivity contribution in [3.63, 3.8) is 0 Å². The number of pyridine rings is 1. The predicted molar refractivity (Wildman–Crippen MR) is 96.9 cm³/mol. The summed E-state index contributed by atoms with van der Waals surface area (Å²) in [5.74, 6) is 0.501. The Morgan fingerprint density at radius 3 is 2.88 bits per heavy atom. The van der Waals surface area contributed by atoms with Gasteiger partial charge in [-0.2, -0.15) is 5.10 Å². The SMILES string of the molecule is CC(Cn1cc(Cl)cn1)c1cc(=O)[nH]c(NCCc2ccncc2)n1. The number of halogens is 1. The first-order valence-electron chi connectivity index (χ1n) is 8.02. The molecular weight excluding hydrogens is 340 g/mol. The van der Waals surface area contributed by atoms with Gasteiger partial charge in [0.2, 0.25) is 5.95 Å². The molecule has 8 heteroatoms. The van der Waals surface area contributed by atoms with Crippen LogP contribution in [0, 0.1) is 0 Å². The Morgan fingerprint density at radius 2 is 2.16 bits per heavy atom. The highest BCUT2D eigenvalue weighted by Crippen LogP contribution is 2.16. The van der Waals surface area contributed by atoms with Crippen LogP contribution < -0.4 is 10.9 Å². The predicted octanol–water partition coefficient (Wildman–Crippen LogP) is 2.47. The molecule has 0 fully saturated rings. The zero-order valence-electron chi connectivity index (χ0n) is 13.8. The highest BCUT2D eigenvalue weighted by atomic mass is 35.5. The minimum absolute atomic E-state index is 0.0269. The van der Waals surface area contributed by atoms with Crippen molar-refractivity contribution in [3.05, 3.63) is 69.6 Å². The zero-order chi connectivity index (χ0) is 17.6. The maximum atomic E-state index is 11.9. The summed E-state index contributed by atoms with van der Waals surface area (Å²) in [6.07, 6.45) is 7.68. The van der Waals surface area contributed by atoms with Gasteiger partial charge in [-0.05, 0) is 24.1 Å². The highest BCUT2D eigenvalue weighted by molar-refractivity contribution is 6.30. The van der Waals surface area contributed by atoms with Crippen molar-refractivity contribution in [3.8, 4) is 0 Å². The first-order valence-corrected chi connectivity index (χ1v) is 8.40. The van der Waals surface area contributed by atoms with E-state index in [9.17, 15) is 4.79 Å². The van der Waals surface area contributed by atoms with Crippen LogP contribution in [0.25, 0.3) is 0 Å². The van der Waals surface area contributed by atoms with Crippen molar-refractivity contribution < 1.29 is 0 Å². The van der Waals surface area contributed by atoms with Gasteiger partial charge in [-0.3, -0.25) is 19.4 Å². The van der Waals surface area contributed by atoms with E-state index in [0.717, 1.165) is 6.42 Å². The molecule has 3 heterocycles. The van der Waals surface area contributed by atoms with Crippen LogP contribution in [0.3, 0.4) is 0 Å². The molecular formula is C17H19ClN6O. The Morgan fingerprint density at radius 1 is 1.36 bits per heavy atom. The molecule has 0 aromatic carbocycles. The number of aromatic amines is 1. The van der Waals surface area contributed by atoms with Gasteiger partial charge in [0.05, 0.1) is 16.9 Å². The van der Waals surface area contributed by atoms with Gasteiger partial charge in [0.25, 0.3) is 5.56 Å². The van der Waals surface area contributed by atoms with Crippen LogP contribution in [-0.4, -0.2) is 31.3 Å². The molecule has 3 rings (SSSR count). The first kappa shape index (κ1) is 17.2. The molecule has 1 unspecified atom stereocenters. The smallest absolute Gasteiger partial charge is 0.252 e. The maximum absolute atomic E-state index is 11.9. The zero-order valence-corrected chi connectivity index (χ0v) is 14.6. The van der Waals surface area contributed by atoms with Gasteiger partial charge in [0.1, 0.15) is 0 Å². The molecule has 3 aromatic rings. The summed E-state index contributed by atoms with van der Waals surface area (Å²) in [7, 11) is 0. The third-order valence-electron chi connectivity index (χ3n) is 3.78. The summed E-state index contributed by atoms with van der Waals surface area (Å²) in [4.78, 5) is 23.2. The Hall–Kier alpha value is -2.67. The van der Waals surface area contributed by atoms with E-state index in [1.807, 2.05) is 19.1 Å². The number of hydrogen-bond acceptors (Lipinski definition) is 5. The Kier molecular flexibility index (Phi) is 5.45. The average Bonchev–Trinajstić information content (AvgIpc) is 3.00. The molecule has 0 radical (unpaired) electrons. The normalized spacial score (nSPS) is 12.1. The summed E-state index contributed by atoms with van der Waals surface area (Å²) >= 11 is 5.88. The van der Waals surface area contributed by atoms with E-state index in [1.165, 1.54) is 11.6 Å². The number of H-pyrrole nitrogens is 1. The quantitative estimate of drug-likeness (QED) is 0.677. The topological polar surface area (TPSA) is 88.5 Å². The van der Waals surface area contributed by atoms with Crippen molar-refractivity contribution in [2.75, 3.05) is 11.9 Å². The van der Waals surface area contributed by atoms with E-state index >= 15 is 0 Å². The van der Waals surface area contributed by atoms with E-state index in [-0.39, 0.29) is 11.5 Å². The fourth-order valence-electron chi connectivity index (χ4n) is 2.50. The molecule has 0 saturated heterocycles. The fraction of sp³-hybridized carbons (Fsp3) is 0.294. The molecule has 25 heavy (non-hydrogen) atoms. The number of aromatic nitrogens is 5. The average molecular weight is 359 g/mol. The second-order valence-corrected chi connectivity index (χ2v) is 6.27. The highest BCUT2D eigenvalue weighted by Gasteiger charge is 2.11. The fourth-order valence-corrected chi connectivity index (χ4v) is 2.66. The molecule has 0 amide bonds. The minimum Gasteiger partial charge on any atom is -0.355 e. The largest absolute Gasteiger partial charge is 0.355 e. The number of nitrogens with one attached hydrogen (secondary N) is 2. The minimum atomic E-state index is -0.179. The molecule has 0 spiro atoms. The standard InChI is InChI=1S/C17H19ClN6O/c1-12(10-24-11-14(18)9-21-24)15-8-16(25)23-17(22-15)20-7-4-13-2-5-19-6-3-13/h2-3,5-6,8-9,11-12H,4,7,10H2,1H3,(H2,20,22,23,25). The van der Waals surface area contributed by atoms with Crippen LogP contribution in [0.1, 0.15) is 24.1 Å². The van der Waals surface area contributed by atoms with Gasteiger partial charge in [0.15, 0.2) is 0 Å². The van der Waals surface area contributed by atoms with Gasteiger partial charge >= 0.3 is 0 Å². The lowest BCUT2D eigenvalue weighted by atomic mass is 10.1. The molecule has 130 valence electrons. The van der Waals surface area contributed by atoms with Crippen LogP contribution in [0.4, 0.5) is 5.95 Å². The van der Waals surface area contributed by atoms with E-state index < -0.39 is 0 Å².